The van der Waals surface area contributed by atoms with Gasteiger partial charge >= 0.3 is 0 Å². The Hall–Kier alpha value is -0.960. The fourth-order valence-corrected chi connectivity index (χ4v) is 2.25. The van der Waals surface area contributed by atoms with Crippen molar-refractivity contribution in [3.8, 4) is 0 Å². The van der Waals surface area contributed by atoms with Crippen LogP contribution in [0.5, 0.6) is 0 Å². The number of hydrogen-bond donors (Lipinski definition) is 0. The normalized spacial score (nSPS) is 13.2. The highest BCUT2D eigenvalue weighted by Gasteiger charge is 2.41. The van der Waals surface area contributed by atoms with E-state index in [1.54, 1.807) is 0 Å². The zero-order chi connectivity index (χ0) is 12.7. The summed E-state index contributed by atoms with van der Waals surface area (Å²) in [6, 6.07) is 7.92. The molecule has 92 valence electrons. The van der Waals surface area contributed by atoms with Crippen LogP contribution in [-0.2, 0) is 5.41 Å². The zero-order valence-corrected chi connectivity index (χ0v) is 11.9. The summed E-state index contributed by atoms with van der Waals surface area (Å²) in [4.78, 5) is 4.62. The van der Waals surface area contributed by atoms with Crippen LogP contribution in [0.4, 0.5) is 0 Å². The molecule has 0 aliphatic carbocycles. The van der Waals surface area contributed by atoms with Crippen LogP contribution in [-0.4, -0.2) is 16.0 Å². The maximum absolute atomic E-state index is 5.90. The van der Waals surface area contributed by atoms with E-state index in [-0.39, 0.29) is 10.2 Å². The lowest BCUT2D eigenvalue weighted by Gasteiger charge is -2.37. The van der Waals surface area contributed by atoms with Gasteiger partial charge in [0.25, 0.3) is 0 Å². The molecule has 0 saturated heterocycles. The minimum Gasteiger partial charge on any atom is -0.440 e. The second-order valence-corrected chi connectivity index (χ2v) is 6.76. The Morgan fingerprint density at radius 2 is 1.76 bits per heavy atom. The van der Waals surface area contributed by atoms with Crippen molar-refractivity contribution in [3.63, 3.8) is 0 Å². The highest BCUT2D eigenvalue weighted by Crippen LogP contribution is 2.43. The summed E-state index contributed by atoms with van der Waals surface area (Å²) in [6.45, 7) is 8.83. The summed E-state index contributed by atoms with van der Waals surface area (Å²) >= 11 is 1.84. The number of aromatic nitrogens is 1. The van der Waals surface area contributed by atoms with Crippen LogP contribution in [0.15, 0.2) is 28.7 Å². The largest absolute Gasteiger partial charge is 0.440 e. The molecule has 2 aromatic rings. The van der Waals surface area contributed by atoms with E-state index >= 15 is 0 Å². The van der Waals surface area contributed by atoms with Crippen molar-refractivity contribution in [1.29, 1.82) is 0 Å². The van der Waals surface area contributed by atoms with E-state index < -0.39 is 0 Å². The molecule has 0 radical (unpaired) electrons. The molecule has 0 N–H and O–H groups in total. The van der Waals surface area contributed by atoms with Gasteiger partial charge in [-0.25, -0.2) is 4.98 Å². The molecule has 1 heterocycles. The first kappa shape index (κ1) is 12.5. The minimum absolute atomic E-state index is 0.0773. The van der Waals surface area contributed by atoms with Crippen molar-refractivity contribution in [1.82, 2.24) is 4.98 Å². The molecule has 0 saturated carbocycles. The highest BCUT2D eigenvalue weighted by atomic mass is 32.2. The summed E-state index contributed by atoms with van der Waals surface area (Å²) in [5.41, 5.74) is 1.70. The minimum atomic E-state index is -0.106. The van der Waals surface area contributed by atoms with E-state index in [2.05, 4.69) is 38.9 Å². The molecule has 3 heteroatoms. The summed E-state index contributed by atoms with van der Waals surface area (Å²) in [5.74, 6) is 0.818. The van der Waals surface area contributed by atoms with Gasteiger partial charge in [-0.05, 0) is 46.1 Å². The number of thioether (sulfide) groups is 1. The van der Waals surface area contributed by atoms with Crippen LogP contribution in [0.2, 0.25) is 0 Å². The van der Waals surface area contributed by atoms with Crippen LogP contribution >= 0.6 is 11.8 Å². The average molecular weight is 249 g/mol. The molecule has 2 rings (SSSR count). The average Bonchev–Trinajstić information content (AvgIpc) is 2.72. The number of benzene rings is 1. The molecule has 0 fully saturated rings. The predicted molar refractivity (Wildman–Crippen MR) is 74.6 cm³/mol. The van der Waals surface area contributed by atoms with E-state index in [0.717, 1.165) is 17.0 Å². The Morgan fingerprint density at radius 1 is 1.12 bits per heavy atom. The molecular weight excluding hydrogens is 230 g/mol. The Labute approximate surface area is 107 Å². The van der Waals surface area contributed by atoms with Crippen molar-refractivity contribution in [2.45, 2.75) is 37.9 Å². The molecule has 0 amide bonds. The van der Waals surface area contributed by atoms with Gasteiger partial charge in [-0.2, -0.15) is 11.8 Å². The van der Waals surface area contributed by atoms with Crippen LogP contribution in [0.1, 0.15) is 33.6 Å². The SMILES string of the molecule is CSC(C)(C)C(C)(C)c1nc2ccccc2o1. The van der Waals surface area contributed by atoms with Gasteiger partial charge in [-0.1, -0.05) is 12.1 Å². The Morgan fingerprint density at radius 3 is 2.35 bits per heavy atom. The van der Waals surface area contributed by atoms with Crippen LogP contribution in [0.25, 0.3) is 11.1 Å². The second kappa shape index (κ2) is 4.05. The van der Waals surface area contributed by atoms with Gasteiger partial charge in [-0.3, -0.25) is 0 Å². The van der Waals surface area contributed by atoms with Crippen molar-refractivity contribution in [2.24, 2.45) is 0 Å². The maximum Gasteiger partial charge on any atom is 0.202 e. The van der Waals surface area contributed by atoms with E-state index in [9.17, 15) is 0 Å². The molecule has 2 nitrogen and oxygen atoms in total. The molecule has 0 unspecified atom stereocenters. The Balaban J connectivity index is 2.52. The third-order valence-corrected chi connectivity index (χ3v) is 5.37. The summed E-state index contributed by atoms with van der Waals surface area (Å²) in [6.07, 6.45) is 2.13. The molecule has 1 aromatic carbocycles. The number of hydrogen-bond acceptors (Lipinski definition) is 3. The van der Waals surface area contributed by atoms with Crippen molar-refractivity contribution < 1.29 is 4.42 Å². The van der Waals surface area contributed by atoms with Crippen molar-refractivity contribution in [2.75, 3.05) is 6.26 Å². The molecule has 0 atom stereocenters. The standard InChI is InChI=1S/C14H19NOS/c1-13(2,14(3,4)17-5)12-15-10-8-6-7-9-11(10)16-12/h6-9H,1-5H3. The fourth-order valence-electron chi connectivity index (χ4n) is 1.65. The second-order valence-electron chi connectivity index (χ2n) is 5.33. The van der Waals surface area contributed by atoms with Gasteiger partial charge in [0.05, 0.1) is 5.41 Å². The quantitative estimate of drug-likeness (QED) is 0.813. The van der Waals surface area contributed by atoms with Gasteiger partial charge in [0.2, 0.25) is 5.89 Å². The lowest BCUT2D eigenvalue weighted by atomic mass is 9.80. The van der Waals surface area contributed by atoms with Gasteiger partial charge < -0.3 is 4.42 Å². The van der Waals surface area contributed by atoms with E-state index in [1.165, 1.54) is 0 Å². The number of nitrogens with zero attached hydrogens (tertiary/aromatic N) is 1. The van der Waals surface area contributed by atoms with Crippen LogP contribution in [0.3, 0.4) is 0 Å². The van der Waals surface area contributed by atoms with Crippen molar-refractivity contribution in [3.05, 3.63) is 30.2 Å². The molecule has 0 aliphatic heterocycles. The number of rotatable bonds is 3. The maximum atomic E-state index is 5.90. The van der Waals surface area contributed by atoms with E-state index in [4.69, 9.17) is 4.42 Å². The van der Waals surface area contributed by atoms with Crippen LogP contribution < -0.4 is 0 Å². The smallest absolute Gasteiger partial charge is 0.202 e. The topological polar surface area (TPSA) is 26.0 Å². The highest BCUT2D eigenvalue weighted by molar-refractivity contribution is 8.00. The first-order valence-electron chi connectivity index (χ1n) is 5.80. The number of para-hydroxylation sites is 2. The fraction of sp³-hybridized carbons (Fsp3) is 0.500. The van der Waals surface area contributed by atoms with E-state index in [1.807, 2.05) is 36.0 Å². The van der Waals surface area contributed by atoms with E-state index in [0.29, 0.717) is 0 Å². The molecule has 17 heavy (non-hydrogen) atoms. The predicted octanol–water partition coefficient (Wildman–Crippen LogP) is 4.25. The Kier molecular flexibility index (Phi) is 2.98. The Bertz CT molecular complexity index is 495. The molecular formula is C14H19NOS. The summed E-state index contributed by atoms with van der Waals surface area (Å²) in [5, 5.41) is 0. The molecule has 0 aliphatic rings. The summed E-state index contributed by atoms with van der Waals surface area (Å²) in [7, 11) is 0. The molecule has 1 aromatic heterocycles. The van der Waals surface area contributed by atoms with Crippen LogP contribution in [0, 0.1) is 0 Å². The van der Waals surface area contributed by atoms with Crippen molar-refractivity contribution >= 4 is 22.9 Å². The van der Waals surface area contributed by atoms with Gasteiger partial charge in [-0.15, -0.1) is 0 Å². The molecule has 0 bridgehead atoms. The summed E-state index contributed by atoms with van der Waals surface area (Å²) < 4.78 is 5.97. The molecule has 0 spiro atoms. The van der Waals surface area contributed by atoms with Gasteiger partial charge in [0, 0.05) is 4.75 Å². The van der Waals surface area contributed by atoms with Gasteiger partial charge in [0.1, 0.15) is 5.52 Å². The monoisotopic (exact) mass is 249 g/mol. The zero-order valence-electron chi connectivity index (χ0n) is 11.1. The first-order valence-corrected chi connectivity index (χ1v) is 7.02. The number of oxazole rings is 1. The third-order valence-electron chi connectivity index (χ3n) is 3.84. The number of fused-ring (bicyclic) bond motifs is 1. The van der Waals surface area contributed by atoms with Gasteiger partial charge in [0.15, 0.2) is 5.58 Å². The first-order chi connectivity index (χ1) is 7.88. The lowest BCUT2D eigenvalue weighted by Crippen LogP contribution is -2.39. The lowest BCUT2D eigenvalue weighted by molar-refractivity contribution is 0.323. The third kappa shape index (κ3) is 1.97.